The highest BCUT2D eigenvalue weighted by molar-refractivity contribution is 5.19. The van der Waals surface area contributed by atoms with Crippen LogP contribution >= 0.6 is 0 Å². The summed E-state index contributed by atoms with van der Waals surface area (Å²) in [6, 6.07) is 0. The smallest absolute Gasteiger partial charge is 0.0258 e. The molecule has 11 saturated carbocycles. The van der Waals surface area contributed by atoms with E-state index in [1.807, 2.05) is 55.4 Å². The quantitative estimate of drug-likeness (QED) is 0.229. The molecule has 0 unspecified atom stereocenters. The van der Waals surface area contributed by atoms with Gasteiger partial charge in [-0.25, -0.2) is 0 Å². The fourth-order valence-electron chi connectivity index (χ4n) is 14.6. The van der Waals surface area contributed by atoms with E-state index in [1.165, 1.54) is 116 Å². The van der Waals surface area contributed by atoms with Crippen molar-refractivity contribution in [1.29, 1.82) is 0 Å². The summed E-state index contributed by atoms with van der Waals surface area (Å²) in [6.45, 7) is 54.7. The van der Waals surface area contributed by atoms with Gasteiger partial charge in [0, 0.05) is 0 Å². The maximum Gasteiger partial charge on any atom is -0.0258 e. The summed E-state index contributed by atoms with van der Waals surface area (Å²) < 4.78 is 0. The zero-order chi connectivity index (χ0) is 45.3. The molecule has 11 aliphatic carbocycles. The zero-order valence-corrected chi connectivity index (χ0v) is 45.3. The Morgan fingerprint density at radius 2 is 0.293 bits per heavy atom. The molecular formula is C58H116. The fourth-order valence-corrected chi connectivity index (χ4v) is 14.6. The SMILES string of the molecule is CC.CC.CC.CC.CC(C)C12CC(C(C)C)(C1)C2.CC(C)C12CCC(C(C)C)(C1)C2.CC(C)C12CCC(C(C)C)(CC1)C2.CC(C)C12CCC(C(C)C)(CC1)CC2. The van der Waals surface area contributed by atoms with E-state index in [-0.39, 0.29) is 0 Å². The molecule has 58 heavy (non-hydrogen) atoms. The minimum absolute atomic E-state index is 0.747. The second-order valence-corrected chi connectivity index (χ2v) is 24.2. The van der Waals surface area contributed by atoms with Gasteiger partial charge in [0.15, 0.2) is 0 Å². The van der Waals surface area contributed by atoms with Crippen LogP contribution in [0.15, 0.2) is 0 Å². The first-order valence-corrected chi connectivity index (χ1v) is 27.0. The van der Waals surface area contributed by atoms with Gasteiger partial charge in [0.2, 0.25) is 0 Å². The lowest BCUT2D eigenvalue weighted by Crippen LogP contribution is -2.66. The van der Waals surface area contributed by atoms with E-state index in [0.29, 0.717) is 0 Å². The topological polar surface area (TPSA) is 0 Å². The third-order valence-corrected chi connectivity index (χ3v) is 20.7. The number of hydrogen-bond donors (Lipinski definition) is 0. The molecule has 0 N–H and O–H groups in total. The van der Waals surface area contributed by atoms with Gasteiger partial charge in [-0.3, -0.25) is 0 Å². The Kier molecular flexibility index (Phi) is 21.3. The van der Waals surface area contributed by atoms with Crippen LogP contribution in [0.5, 0.6) is 0 Å². The number of rotatable bonds is 8. The van der Waals surface area contributed by atoms with Gasteiger partial charge in [0.05, 0.1) is 0 Å². The molecule has 0 heteroatoms. The molecule has 0 aromatic rings. The van der Waals surface area contributed by atoms with Gasteiger partial charge in [0.25, 0.3) is 0 Å². The Labute approximate surface area is 371 Å². The van der Waals surface area contributed by atoms with E-state index in [0.717, 1.165) is 90.7 Å². The van der Waals surface area contributed by atoms with Crippen LogP contribution in [0.25, 0.3) is 0 Å². The minimum atomic E-state index is 0.747. The van der Waals surface area contributed by atoms with Crippen LogP contribution in [-0.2, 0) is 0 Å². The van der Waals surface area contributed by atoms with Crippen molar-refractivity contribution >= 4 is 0 Å². The van der Waals surface area contributed by atoms with Crippen LogP contribution in [0.2, 0.25) is 0 Å². The molecule has 11 aliphatic rings. The van der Waals surface area contributed by atoms with Gasteiger partial charge in [-0.1, -0.05) is 166 Å². The first kappa shape index (κ1) is 56.0. The number of fused-ring (bicyclic) bond motifs is 6. The third-order valence-electron chi connectivity index (χ3n) is 20.7. The second-order valence-electron chi connectivity index (χ2n) is 24.2. The molecule has 0 aliphatic heterocycles. The summed E-state index contributed by atoms with van der Waals surface area (Å²) in [5.41, 5.74) is 6.19. The van der Waals surface area contributed by atoms with Crippen molar-refractivity contribution in [1.82, 2.24) is 0 Å². The molecule has 0 radical (unpaired) electrons. The molecule has 11 fully saturated rings. The summed E-state index contributed by atoms with van der Waals surface area (Å²) in [4.78, 5) is 0. The molecule has 0 nitrogen and oxygen atoms in total. The van der Waals surface area contributed by atoms with Crippen LogP contribution in [0.4, 0.5) is 0 Å². The zero-order valence-electron chi connectivity index (χ0n) is 45.3. The molecule has 11 rings (SSSR count). The monoisotopic (exact) mass is 813 g/mol. The largest absolute Gasteiger partial charge is 0.0683 e. The van der Waals surface area contributed by atoms with Crippen LogP contribution in [0.1, 0.15) is 282 Å². The van der Waals surface area contributed by atoms with E-state index in [1.54, 1.807) is 0 Å². The van der Waals surface area contributed by atoms with Crippen LogP contribution in [0.3, 0.4) is 0 Å². The summed E-state index contributed by atoms with van der Waals surface area (Å²) in [7, 11) is 0. The molecule has 0 amide bonds. The highest BCUT2D eigenvalue weighted by Gasteiger charge is 2.69. The maximum absolute atomic E-state index is 2.44. The van der Waals surface area contributed by atoms with Crippen molar-refractivity contribution in [3.05, 3.63) is 0 Å². The highest BCUT2D eigenvalue weighted by atomic mass is 14.7. The molecule has 0 spiro atoms. The third kappa shape index (κ3) is 10.7. The van der Waals surface area contributed by atoms with Crippen molar-refractivity contribution in [3.63, 3.8) is 0 Å². The molecule has 348 valence electrons. The molecule has 0 aromatic heterocycles. The van der Waals surface area contributed by atoms with E-state index in [4.69, 9.17) is 0 Å². The number of hydrogen-bond acceptors (Lipinski definition) is 0. The molecule has 0 atom stereocenters. The maximum atomic E-state index is 2.44. The average Bonchev–Trinajstić information content (AvgIpc) is 3.96. The van der Waals surface area contributed by atoms with Crippen molar-refractivity contribution in [2.75, 3.05) is 0 Å². The highest BCUT2D eigenvalue weighted by Crippen LogP contribution is 2.78. The first-order chi connectivity index (χ1) is 27.0. The minimum Gasteiger partial charge on any atom is -0.0683 e. The molecule has 8 bridgehead atoms. The Morgan fingerprint density at radius 3 is 0.431 bits per heavy atom. The van der Waals surface area contributed by atoms with E-state index in [2.05, 4.69) is 111 Å². The van der Waals surface area contributed by atoms with Crippen molar-refractivity contribution in [3.8, 4) is 0 Å². The van der Waals surface area contributed by atoms with Crippen LogP contribution < -0.4 is 0 Å². The van der Waals surface area contributed by atoms with Gasteiger partial charge >= 0.3 is 0 Å². The van der Waals surface area contributed by atoms with Gasteiger partial charge in [-0.05, 0) is 206 Å². The predicted octanol–water partition coefficient (Wildman–Crippen LogP) is 20.3. The van der Waals surface area contributed by atoms with E-state index >= 15 is 0 Å². The van der Waals surface area contributed by atoms with E-state index < -0.39 is 0 Å². The summed E-state index contributed by atoms with van der Waals surface area (Å²) in [5, 5.41) is 0. The normalized spacial score (nSPS) is 38.9. The lowest BCUT2D eigenvalue weighted by molar-refractivity contribution is -0.252. The molecular weight excluding hydrogens is 697 g/mol. The van der Waals surface area contributed by atoms with Gasteiger partial charge in [-0.15, -0.1) is 0 Å². The average molecular weight is 814 g/mol. The van der Waals surface area contributed by atoms with Crippen LogP contribution in [-0.4, -0.2) is 0 Å². The Bertz CT molecular complexity index is 994. The molecule has 0 saturated heterocycles. The Hall–Kier alpha value is 0. The second kappa shape index (κ2) is 22.1. The van der Waals surface area contributed by atoms with Gasteiger partial charge in [-0.2, -0.15) is 0 Å². The lowest BCUT2D eigenvalue weighted by Gasteiger charge is -2.75. The van der Waals surface area contributed by atoms with Crippen molar-refractivity contribution in [2.24, 2.45) is 90.7 Å². The summed E-state index contributed by atoms with van der Waals surface area (Å²) in [6.07, 6.45) is 27.4. The summed E-state index contributed by atoms with van der Waals surface area (Å²) >= 11 is 0. The van der Waals surface area contributed by atoms with Gasteiger partial charge in [0.1, 0.15) is 0 Å². The first-order valence-electron chi connectivity index (χ1n) is 27.0. The van der Waals surface area contributed by atoms with E-state index in [9.17, 15) is 0 Å². The van der Waals surface area contributed by atoms with Crippen molar-refractivity contribution < 1.29 is 0 Å². The predicted molar refractivity (Wildman–Crippen MR) is 267 cm³/mol. The summed E-state index contributed by atoms with van der Waals surface area (Å²) in [5.74, 6) is 7.36. The standard InChI is InChI=1S/C14H26.C13H24.C12H22.C11H20.4C2H6/c1-11(2)13-5-8-14(9-6-13,10-7-13)12(3)4;1-10(2)12-5-7-13(9-12,8-6-12)11(3)4;1-9(2)11-5-6-12(7-11,8-11)10(3)4;1-8(2)10-5-11(6-10,7-10)9(3)4;4*1-2/h11-12H,5-10H2,1-4H3;10-11H,5-9H2,1-4H3;9-10H,5-8H2,1-4H3;8-9H,5-7H2,1-4H3;4*1-2H3. The van der Waals surface area contributed by atoms with Crippen LogP contribution in [0, 0.1) is 90.7 Å². The van der Waals surface area contributed by atoms with Gasteiger partial charge < -0.3 is 0 Å². The Morgan fingerprint density at radius 1 is 0.172 bits per heavy atom. The molecule has 0 aromatic carbocycles. The van der Waals surface area contributed by atoms with Crippen molar-refractivity contribution in [2.45, 2.75) is 282 Å². The Balaban J connectivity index is 0.000000366. The molecule has 0 heterocycles. The fraction of sp³-hybridized carbons (Fsp3) is 1.00. The lowest BCUT2D eigenvalue weighted by atomic mass is 9.30.